The van der Waals surface area contributed by atoms with Gasteiger partial charge in [0.15, 0.2) is 5.76 Å². The van der Waals surface area contributed by atoms with Crippen LogP contribution in [0.5, 0.6) is 0 Å². The molecule has 126 valence electrons. The van der Waals surface area contributed by atoms with Crippen molar-refractivity contribution in [2.45, 2.75) is 19.4 Å². The van der Waals surface area contributed by atoms with E-state index in [9.17, 15) is 0 Å². The number of hydrogen-bond donors (Lipinski definition) is 0. The fourth-order valence-electron chi connectivity index (χ4n) is 3.52. The molecule has 1 aromatic carbocycles. The predicted molar refractivity (Wildman–Crippen MR) is 99.9 cm³/mol. The summed E-state index contributed by atoms with van der Waals surface area (Å²) in [5.74, 6) is 2.42. The summed E-state index contributed by atoms with van der Waals surface area (Å²) in [6.07, 6.45) is 2.29. The van der Waals surface area contributed by atoms with Crippen molar-refractivity contribution in [3.05, 3.63) is 52.2 Å². The van der Waals surface area contributed by atoms with Gasteiger partial charge in [-0.15, -0.1) is 21.5 Å². The van der Waals surface area contributed by atoms with Gasteiger partial charge in [-0.05, 0) is 42.0 Å². The Bertz CT molecular complexity index is 1010. The van der Waals surface area contributed by atoms with Crippen LogP contribution in [-0.4, -0.2) is 21.3 Å². The van der Waals surface area contributed by atoms with Gasteiger partial charge in [0, 0.05) is 30.4 Å². The molecule has 0 saturated heterocycles. The molecule has 4 heterocycles. The Balaban J connectivity index is 1.52. The second kappa shape index (κ2) is 5.74. The summed E-state index contributed by atoms with van der Waals surface area (Å²) in [6.45, 7) is 1.89. The molecule has 0 amide bonds. The Hall–Kier alpha value is -2.60. The summed E-state index contributed by atoms with van der Waals surface area (Å²) < 4.78 is 8.00. The van der Waals surface area contributed by atoms with Crippen LogP contribution in [0.1, 0.15) is 16.9 Å². The third-order valence-corrected chi connectivity index (χ3v) is 5.83. The van der Waals surface area contributed by atoms with Crippen molar-refractivity contribution in [3.8, 4) is 11.6 Å². The first kappa shape index (κ1) is 14.7. The van der Waals surface area contributed by atoms with E-state index < -0.39 is 0 Å². The van der Waals surface area contributed by atoms with Crippen LogP contribution in [0, 0.1) is 0 Å². The lowest BCUT2D eigenvalue weighted by atomic mass is 10.2. The zero-order chi connectivity index (χ0) is 16.8. The van der Waals surface area contributed by atoms with Crippen molar-refractivity contribution in [3.63, 3.8) is 0 Å². The molecule has 0 spiro atoms. The van der Waals surface area contributed by atoms with Crippen molar-refractivity contribution in [2.75, 3.05) is 11.4 Å². The SMILES string of the molecule is Cn1c(-c2cc3ccccc3o2)nnc1N1CCCc2sccc2C1. The molecule has 0 unspecified atom stereocenters. The topological polar surface area (TPSA) is 47.1 Å². The molecule has 0 atom stereocenters. The molecule has 0 saturated carbocycles. The van der Waals surface area contributed by atoms with Crippen LogP contribution < -0.4 is 4.90 Å². The largest absolute Gasteiger partial charge is 0.453 e. The van der Waals surface area contributed by atoms with Crippen molar-refractivity contribution in [1.29, 1.82) is 0 Å². The zero-order valence-corrected chi connectivity index (χ0v) is 14.8. The molecule has 0 fully saturated rings. The highest BCUT2D eigenvalue weighted by atomic mass is 32.1. The van der Waals surface area contributed by atoms with Crippen LogP contribution in [0.3, 0.4) is 0 Å². The summed E-state index contributed by atoms with van der Waals surface area (Å²) >= 11 is 1.86. The van der Waals surface area contributed by atoms with E-state index in [1.807, 2.05) is 53.3 Å². The zero-order valence-electron chi connectivity index (χ0n) is 14.0. The van der Waals surface area contributed by atoms with E-state index in [0.29, 0.717) is 0 Å². The van der Waals surface area contributed by atoms with E-state index in [-0.39, 0.29) is 0 Å². The highest BCUT2D eigenvalue weighted by molar-refractivity contribution is 7.10. The number of thiophene rings is 1. The number of aryl methyl sites for hydroxylation is 1. The van der Waals surface area contributed by atoms with Gasteiger partial charge >= 0.3 is 0 Å². The fraction of sp³-hybridized carbons (Fsp3) is 0.263. The number of para-hydroxylation sites is 1. The molecule has 3 aromatic heterocycles. The van der Waals surface area contributed by atoms with Crippen molar-refractivity contribution in [1.82, 2.24) is 14.8 Å². The van der Waals surface area contributed by atoms with Gasteiger partial charge in [0.1, 0.15) is 5.58 Å². The Labute approximate surface area is 149 Å². The molecule has 4 aromatic rings. The predicted octanol–water partition coefficient (Wildman–Crippen LogP) is 4.24. The summed E-state index contributed by atoms with van der Waals surface area (Å²) in [6, 6.07) is 12.3. The maximum absolute atomic E-state index is 5.96. The van der Waals surface area contributed by atoms with Crippen molar-refractivity contribution >= 4 is 28.3 Å². The molecular formula is C19H18N4OS. The van der Waals surface area contributed by atoms with Crippen LogP contribution in [0.2, 0.25) is 0 Å². The van der Waals surface area contributed by atoms with Crippen LogP contribution in [0.25, 0.3) is 22.6 Å². The molecule has 0 radical (unpaired) electrons. The second-order valence-electron chi connectivity index (χ2n) is 6.43. The van der Waals surface area contributed by atoms with Gasteiger partial charge in [-0.25, -0.2) is 0 Å². The minimum atomic E-state index is 0.758. The molecule has 1 aliphatic heterocycles. The molecular weight excluding hydrogens is 332 g/mol. The van der Waals surface area contributed by atoms with E-state index in [1.54, 1.807) is 0 Å². The van der Waals surface area contributed by atoms with Crippen LogP contribution in [0.15, 0.2) is 46.2 Å². The van der Waals surface area contributed by atoms with Crippen LogP contribution >= 0.6 is 11.3 Å². The fourth-order valence-corrected chi connectivity index (χ4v) is 4.46. The first-order valence-corrected chi connectivity index (χ1v) is 9.36. The minimum Gasteiger partial charge on any atom is -0.453 e. The number of anilines is 1. The number of fused-ring (bicyclic) bond motifs is 2. The maximum Gasteiger partial charge on any atom is 0.227 e. The number of hydrogen-bond acceptors (Lipinski definition) is 5. The highest BCUT2D eigenvalue weighted by Gasteiger charge is 2.22. The number of furan rings is 1. The number of benzene rings is 1. The molecule has 5 rings (SSSR count). The van der Waals surface area contributed by atoms with Crippen LogP contribution in [-0.2, 0) is 20.0 Å². The summed E-state index contributed by atoms with van der Waals surface area (Å²) in [5.41, 5.74) is 2.29. The molecule has 6 heteroatoms. The molecule has 5 nitrogen and oxygen atoms in total. The summed E-state index contributed by atoms with van der Waals surface area (Å²) in [7, 11) is 2.01. The second-order valence-corrected chi connectivity index (χ2v) is 7.43. The Morgan fingerprint density at radius 3 is 3.00 bits per heavy atom. The number of nitrogens with zero attached hydrogens (tertiary/aromatic N) is 4. The third-order valence-electron chi connectivity index (χ3n) is 4.81. The summed E-state index contributed by atoms with van der Waals surface area (Å²) in [5, 5.41) is 12.1. The summed E-state index contributed by atoms with van der Waals surface area (Å²) in [4.78, 5) is 3.82. The molecule has 25 heavy (non-hydrogen) atoms. The van der Waals surface area contributed by atoms with Crippen molar-refractivity contribution < 1.29 is 4.42 Å². The maximum atomic E-state index is 5.96. The average Bonchev–Trinajstić information content (AvgIpc) is 3.30. The number of rotatable bonds is 2. The van der Waals surface area contributed by atoms with Gasteiger partial charge in [-0.2, -0.15) is 0 Å². The first-order valence-electron chi connectivity index (χ1n) is 8.48. The van der Waals surface area contributed by atoms with E-state index in [1.165, 1.54) is 10.4 Å². The molecule has 1 aliphatic rings. The lowest BCUT2D eigenvalue weighted by Crippen LogP contribution is -2.25. The van der Waals surface area contributed by atoms with Gasteiger partial charge in [0.05, 0.1) is 0 Å². The van der Waals surface area contributed by atoms with Gasteiger partial charge in [0.2, 0.25) is 11.8 Å². The van der Waals surface area contributed by atoms with E-state index in [4.69, 9.17) is 4.42 Å². The highest BCUT2D eigenvalue weighted by Crippen LogP contribution is 2.30. The van der Waals surface area contributed by atoms with Gasteiger partial charge in [-0.1, -0.05) is 18.2 Å². The Kier molecular flexibility index (Phi) is 3.38. The first-order chi connectivity index (χ1) is 12.3. The van der Waals surface area contributed by atoms with E-state index >= 15 is 0 Å². The quantitative estimate of drug-likeness (QED) is 0.542. The molecule has 0 N–H and O–H groups in total. The molecule has 0 bridgehead atoms. The Morgan fingerprint density at radius 1 is 1.16 bits per heavy atom. The smallest absolute Gasteiger partial charge is 0.227 e. The average molecular weight is 350 g/mol. The lowest BCUT2D eigenvalue weighted by Gasteiger charge is -2.20. The van der Waals surface area contributed by atoms with Gasteiger partial charge < -0.3 is 9.32 Å². The van der Waals surface area contributed by atoms with E-state index in [0.717, 1.165) is 54.4 Å². The van der Waals surface area contributed by atoms with Gasteiger partial charge in [0.25, 0.3) is 0 Å². The lowest BCUT2D eigenvalue weighted by molar-refractivity contribution is 0.619. The third kappa shape index (κ3) is 2.44. The Morgan fingerprint density at radius 2 is 2.08 bits per heavy atom. The number of aromatic nitrogens is 3. The van der Waals surface area contributed by atoms with Gasteiger partial charge in [-0.3, -0.25) is 4.57 Å². The monoisotopic (exact) mass is 350 g/mol. The standard InChI is InChI=1S/C19H18N4OS/c1-22-18(16-11-13-5-2-3-6-15(13)24-16)20-21-19(22)23-9-4-7-17-14(12-23)8-10-25-17/h2-3,5-6,8,10-11H,4,7,9,12H2,1H3. The van der Waals surface area contributed by atoms with E-state index in [2.05, 4.69) is 26.5 Å². The molecule has 0 aliphatic carbocycles. The van der Waals surface area contributed by atoms with Crippen molar-refractivity contribution in [2.24, 2.45) is 7.05 Å². The normalized spacial score (nSPS) is 14.7. The minimum absolute atomic E-state index is 0.758. The van der Waals surface area contributed by atoms with Crippen LogP contribution in [0.4, 0.5) is 5.95 Å².